The second-order valence-electron chi connectivity index (χ2n) is 7.25. The van der Waals surface area contributed by atoms with Gasteiger partial charge in [0, 0.05) is 19.1 Å². The van der Waals surface area contributed by atoms with Gasteiger partial charge in [-0.15, -0.1) is 0 Å². The molecule has 0 unspecified atom stereocenters. The molecule has 0 aromatic heterocycles. The van der Waals surface area contributed by atoms with Crippen molar-refractivity contribution in [2.24, 2.45) is 0 Å². The summed E-state index contributed by atoms with van der Waals surface area (Å²) >= 11 is 0. The average Bonchev–Trinajstić information content (AvgIpc) is 2.92. The molecule has 1 heterocycles. The Hall–Kier alpha value is -2.46. The normalized spacial score (nSPS) is 19.0. The van der Waals surface area contributed by atoms with E-state index in [0.29, 0.717) is 23.7 Å². The molecule has 1 aliphatic heterocycles. The van der Waals surface area contributed by atoms with Gasteiger partial charge in [0.2, 0.25) is 0 Å². The summed E-state index contributed by atoms with van der Waals surface area (Å²) in [7, 11) is 2.15. The van der Waals surface area contributed by atoms with Gasteiger partial charge < -0.3 is 0 Å². The van der Waals surface area contributed by atoms with Crippen LogP contribution in [0.4, 0.5) is 0 Å². The summed E-state index contributed by atoms with van der Waals surface area (Å²) in [5.41, 5.74) is 3.96. The third-order valence-electron chi connectivity index (χ3n) is 5.64. The van der Waals surface area contributed by atoms with Crippen LogP contribution in [0.1, 0.15) is 57.1 Å². The summed E-state index contributed by atoms with van der Waals surface area (Å²) in [6, 6.07) is 16.2. The predicted octanol–water partition coefficient (Wildman–Crippen LogP) is 3.68. The average molecular weight is 348 g/mol. The molecule has 4 rings (SSSR count). The van der Waals surface area contributed by atoms with E-state index < -0.39 is 0 Å². The molecule has 0 spiro atoms. The predicted molar refractivity (Wildman–Crippen MR) is 101 cm³/mol. The lowest BCUT2D eigenvalue weighted by atomic mass is 9.87. The lowest BCUT2D eigenvalue weighted by Crippen LogP contribution is -2.34. The number of benzene rings is 2. The maximum absolute atomic E-state index is 12.4. The van der Waals surface area contributed by atoms with Crippen LogP contribution in [0.2, 0.25) is 0 Å². The molecule has 2 aromatic carbocycles. The van der Waals surface area contributed by atoms with Gasteiger partial charge in [-0.25, -0.2) is 0 Å². The van der Waals surface area contributed by atoms with Crippen molar-refractivity contribution in [3.63, 3.8) is 0 Å². The Morgan fingerprint density at radius 2 is 1.65 bits per heavy atom. The molecule has 2 aliphatic rings. The molecule has 0 saturated carbocycles. The van der Waals surface area contributed by atoms with E-state index >= 15 is 0 Å². The van der Waals surface area contributed by atoms with Gasteiger partial charge in [0.25, 0.3) is 11.8 Å². The first-order chi connectivity index (χ1) is 12.7. The highest BCUT2D eigenvalue weighted by Gasteiger charge is 2.34. The molecule has 4 heteroatoms. The first-order valence-corrected chi connectivity index (χ1v) is 9.40. The number of carbonyl (C=O) groups is 2. The van der Waals surface area contributed by atoms with Crippen LogP contribution in [-0.2, 0) is 6.42 Å². The molecule has 0 N–H and O–H groups in total. The van der Waals surface area contributed by atoms with Crippen molar-refractivity contribution in [2.45, 2.75) is 31.7 Å². The Labute approximate surface area is 154 Å². The molecule has 0 radical (unpaired) electrons. The summed E-state index contributed by atoms with van der Waals surface area (Å²) in [6.07, 6.45) is 4.33. The second-order valence-corrected chi connectivity index (χ2v) is 7.25. The molecule has 2 amide bonds. The van der Waals surface area contributed by atoms with Crippen LogP contribution in [0.15, 0.2) is 48.5 Å². The van der Waals surface area contributed by atoms with Crippen molar-refractivity contribution in [1.82, 2.24) is 9.80 Å². The smallest absolute Gasteiger partial charge is 0.261 e. The highest BCUT2D eigenvalue weighted by atomic mass is 16.2. The van der Waals surface area contributed by atoms with E-state index in [1.54, 1.807) is 12.1 Å². The summed E-state index contributed by atoms with van der Waals surface area (Å²) in [4.78, 5) is 28.6. The number of rotatable bonds is 5. The van der Waals surface area contributed by atoms with E-state index in [4.69, 9.17) is 0 Å². The molecule has 1 aliphatic carbocycles. The summed E-state index contributed by atoms with van der Waals surface area (Å²) in [5, 5.41) is 0. The number of hydrogen-bond donors (Lipinski definition) is 0. The van der Waals surface area contributed by atoms with Crippen molar-refractivity contribution in [1.29, 1.82) is 0 Å². The van der Waals surface area contributed by atoms with Crippen molar-refractivity contribution in [2.75, 3.05) is 20.1 Å². The highest BCUT2D eigenvalue weighted by molar-refractivity contribution is 6.21. The van der Waals surface area contributed by atoms with Crippen molar-refractivity contribution >= 4 is 11.8 Å². The molecule has 134 valence electrons. The Kier molecular flexibility index (Phi) is 4.60. The zero-order valence-corrected chi connectivity index (χ0v) is 15.1. The molecular weight excluding hydrogens is 324 g/mol. The lowest BCUT2D eigenvalue weighted by Gasteiger charge is -2.33. The van der Waals surface area contributed by atoms with Gasteiger partial charge in [-0.3, -0.25) is 19.4 Å². The zero-order valence-electron chi connectivity index (χ0n) is 15.1. The quantitative estimate of drug-likeness (QED) is 0.774. The minimum atomic E-state index is -0.156. The molecule has 0 saturated heterocycles. The van der Waals surface area contributed by atoms with Crippen LogP contribution in [0.5, 0.6) is 0 Å². The van der Waals surface area contributed by atoms with Crippen molar-refractivity contribution < 1.29 is 9.59 Å². The van der Waals surface area contributed by atoms with Gasteiger partial charge in [0.05, 0.1) is 11.1 Å². The second kappa shape index (κ2) is 7.04. The Bertz CT molecular complexity index is 811. The topological polar surface area (TPSA) is 40.6 Å². The largest absolute Gasteiger partial charge is 0.299 e. The molecule has 4 nitrogen and oxygen atoms in total. The van der Waals surface area contributed by atoms with Gasteiger partial charge in [-0.2, -0.15) is 0 Å². The number of hydrogen-bond acceptors (Lipinski definition) is 3. The van der Waals surface area contributed by atoms with E-state index in [-0.39, 0.29) is 11.8 Å². The minimum absolute atomic E-state index is 0.156. The highest BCUT2D eigenvalue weighted by Crippen LogP contribution is 2.33. The van der Waals surface area contributed by atoms with Gasteiger partial charge in [-0.05, 0) is 56.0 Å². The van der Waals surface area contributed by atoms with E-state index in [9.17, 15) is 9.59 Å². The molecule has 0 bridgehead atoms. The third-order valence-corrected chi connectivity index (χ3v) is 5.64. The Balaban J connectivity index is 1.37. The van der Waals surface area contributed by atoms with Crippen molar-refractivity contribution in [3.05, 3.63) is 70.8 Å². The van der Waals surface area contributed by atoms with Crippen LogP contribution in [-0.4, -0.2) is 41.8 Å². The fraction of sp³-hybridized carbons (Fsp3) is 0.364. The molecule has 2 aromatic rings. The van der Waals surface area contributed by atoms with E-state index in [1.807, 2.05) is 12.1 Å². The molecule has 0 fully saturated rings. The monoisotopic (exact) mass is 348 g/mol. The van der Waals surface area contributed by atoms with Crippen LogP contribution in [0.3, 0.4) is 0 Å². The van der Waals surface area contributed by atoms with Gasteiger partial charge >= 0.3 is 0 Å². The fourth-order valence-electron chi connectivity index (χ4n) is 4.26. The maximum atomic E-state index is 12.4. The zero-order chi connectivity index (χ0) is 18.1. The number of fused-ring (bicyclic) bond motifs is 2. The van der Waals surface area contributed by atoms with Crippen LogP contribution >= 0.6 is 0 Å². The van der Waals surface area contributed by atoms with E-state index in [2.05, 4.69) is 36.2 Å². The third kappa shape index (κ3) is 2.95. The number of amides is 2. The fourth-order valence-corrected chi connectivity index (χ4v) is 4.26. The summed E-state index contributed by atoms with van der Waals surface area (Å²) in [5.74, 6) is -0.312. The first kappa shape index (κ1) is 17.0. The van der Waals surface area contributed by atoms with Crippen LogP contribution in [0, 0.1) is 0 Å². The Morgan fingerprint density at radius 3 is 2.38 bits per heavy atom. The number of imide groups is 1. The molecular formula is C22H24N2O2. The van der Waals surface area contributed by atoms with E-state index in [1.165, 1.54) is 28.9 Å². The standard InChI is InChI=1S/C22H24N2O2/c1-23(20-13-6-9-16-8-2-3-10-17(16)20)14-7-15-24-21(25)18-11-4-5-12-19(18)22(24)26/h2-5,8,10-12,20H,6-7,9,13-15H2,1H3/t20-/m1/s1. The Morgan fingerprint density at radius 1 is 1.00 bits per heavy atom. The van der Waals surface area contributed by atoms with Gasteiger partial charge in [0.1, 0.15) is 0 Å². The minimum Gasteiger partial charge on any atom is -0.299 e. The maximum Gasteiger partial charge on any atom is 0.261 e. The van der Waals surface area contributed by atoms with E-state index in [0.717, 1.165) is 19.4 Å². The van der Waals surface area contributed by atoms with Gasteiger partial charge in [0.15, 0.2) is 0 Å². The molecule has 26 heavy (non-hydrogen) atoms. The van der Waals surface area contributed by atoms with Crippen LogP contribution < -0.4 is 0 Å². The van der Waals surface area contributed by atoms with Crippen molar-refractivity contribution in [3.8, 4) is 0 Å². The lowest BCUT2D eigenvalue weighted by molar-refractivity contribution is 0.0645. The SMILES string of the molecule is CN(CCCN1C(=O)c2ccccc2C1=O)[C@@H]1CCCc2ccccc21. The van der Waals surface area contributed by atoms with Gasteiger partial charge in [-0.1, -0.05) is 36.4 Å². The number of nitrogens with zero attached hydrogens (tertiary/aromatic N) is 2. The number of aryl methyl sites for hydroxylation is 1. The number of carbonyl (C=O) groups excluding carboxylic acids is 2. The molecule has 1 atom stereocenters. The first-order valence-electron chi connectivity index (χ1n) is 9.40. The summed E-state index contributed by atoms with van der Waals surface area (Å²) in [6.45, 7) is 1.34. The summed E-state index contributed by atoms with van der Waals surface area (Å²) < 4.78 is 0. The van der Waals surface area contributed by atoms with Crippen LogP contribution in [0.25, 0.3) is 0 Å².